The molecule has 1 saturated heterocycles. The Kier molecular flexibility index (Phi) is 3.56. The molecule has 0 radical (unpaired) electrons. The first-order valence-corrected chi connectivity index (χ1v) is 6.19. The normalized spacial score (nSPS) is 24.5. The summed E-state index contributed by atoms with van der Waals surface area (Å²) in [6, 6.07) is 8.57. The molecule has 1 heterocycles. The molecular formula is C13H16ClN3. The van der Waals surface area contributed by atoms with Gasteiger partial charge in [0.2, 0.25) is 0 Å². The van der Waals surface area contributed by atoms with Crippen LogP contribution in [0.1, 0.15) is 19.4 Å². The van der Waals surface area contributed by atoms with Gasteiger partial charge in [-0.05, 0) is 32.0 Å². The monoisotopic (exact) mass is 249 g/mol. The maximum atomic E-state index is 9.17. The van der Waals surface area contributed by atoms with Crippen LogP contribution >= 0.6 is 11.6 Å². The molecule has 0 aromatic heterocycles. The van der Waals surface area contributed by atoms with Gasteiger partial charge in [0.1, 0.15) is 6.07 Å². The number of rotatable bonds is 1. The molecule has 0 aliphatic carbocycles. The molecule has 17 heavy (non-hydrogen) atoms. The zero-order valence-electron chi connectivity index (χ0n) is 10.1. The quantitative estimate of drug-likeness (QED) is 0.831. The molecule has 0 saturated carbocycles. The molecule has 2 atom stereocenters. The number of hydrogen-bond donors (Lipinski definition) is 1. The second kappa shape index (κ2) is 4.95. The first-order chi connectivity index (χ1) is 8.11. The van der Waals surface area contributed by atoms with E-state index in [0.717, 1.165) is 18.8 Å². The lowest BCUT2D eigenvalue weighted by Gasteiger charge is -2.39. The molecule has 1 aliphatic rings. The van der Waals surface area contributed by atoms with Gasteiger partial charge >= 0.3 is 0 Å². The maximum Gasteiger partial charge on any atom is 0.101 e. The molecule has 1 aromatic carbocycles. The van der Waals surface area contributed by atoms with E-state index in [9.17, 15) is 5.26 Å². The zero-order valence-corrected chi connectivity index (χ0v) is 10.8. The van der Waals surface area contributed by atoms with E-state index in [2.05, 4.69) is 30.1 Å². The Bertz CT molecular complexity index is 452. The third-order valence-corrected chi connectivity index (χ3v) is 3.39. The number of nitriles is 1. The number of piperazine rings is 1. The maximum absolute atomic E-state index is 9.17. The fourth-order valence-corrected chi connectivity index (χ4v) is 2.38. The summed E-state index contributed by atoms with van der Waals surface area (Å²) in [5.74, 6) is 0. The molecule has 1 aromatic rings. The van der Waals surface area contributed by atoms with Crippen LogP contribution in [0, 0.1) is 11.3 Å². The number of anilines is 1. The predicted molar refractivity (Wildman–Crippen MR) is 70.4 cm³/mol. The molecule has 1 aliphatic heterocycles. The summed E-state index contributed by atoms with van der Waals surface area (Å²) in [5.41, 5.74) is 1.64. The largest absolute Gasteiger partial charge is 0.365 e. The van der Waals surface area contributed by atoms with Crippen molar-refractivity contribution >= 4 is 17.3 Å². The Morgan fingerprint density at radius 1 is 1.47 bits per heavy atom. The van der Waals surface area contributed by atoms with Crippen LogP contribution in [0.2, 0.25) is 5.02 Å². The summed E-state index contributed by atoms with van der Waals surface area (Å²) < 4.78 is 0. The lowest BCUT2D eigenvalue weighted by Crippen LogP contribution is -2.54. The van der Waals surface area contributed by atoms with Crippen molar-refractivity contribution in [2.45, 2.75) is 25.9 Å². The van der Waals surface area contributed by atoms with Gasteiger partial charge in [-0.15, -0.1) is 0 Å². The Hall–Kier alpha value is -1.24. The van der Waals surface area contributed by atoms with Gasteiger partial charge in [-0.1, -0.05) is 11.6 Å². The highest BCUT2D eigenvalue weighted by molar-refractivity contribution is 6.30. The van der Waals surface area contributed by atoms with Crippen molar-refractivity contribution in [2.75, 3.05) is 18.0 Å². The van der Waals surface area contributed by atoms with Crippen molar-refractivity contribution in [3.63, 3.8) is 0 Å². The first-order valence-electron chi connectivity index (χ1n) is 5.81. The Labute approximate surface area is 107 Å². The third kappa shape index (κ3) is 2.54. The molecule has 2 rings (SSSR count). The number of hydrogen-bond acceptors (Lipinski definition) is 3. The molecule has 0 amide bonds. The Balaban J connectivity index is 2.35. The highest BCUT2D eigenvalue weighted by Gasteiger charge is 2.24. The predicted octanol–water partition coefficient (Wildman–Crippen LogP) is 2.40. The second-order valence-corrected chi connectivity index (χ2v) is 5.02. The van der Waals surface area contributed by atoms with Gasteiger partial charge in [0, 0.05) is 30.2 Å². The summed E-state index contributed by atoms with van der Waals surface area (Å²) in [6.45, 7) is 6.17. The molecule has 1 N–H and O–H groups in total. The summed E-state index contributed by atoms with van der Waals surface area (Å²) in [4.78, 5) is 2.27. The summed E-state index contributed by atoms with van der Waals surface area (Å²) >= 11 is 5.92. The van der Waals surface area contributed by atoms with E-state index in [1.165, 1.54) is 0 Å². The summed E-state index contributed by atoms with van der Waals surface area (Å²) in [6.07, 6.45) is 0. The standard InChI is InChI=1S/C13H16ClN3/c1-9-8-17(10(2)7-16-9)13-4-3-12(14)5-11(13)6-15/h3-5,9-10,16H,7-8H2,1-2H3. The average Bonchev–Trinajstić information content (AvgIpc) is 2.32. The minimum atomic E-state index is 0.388. The van der Waals surface area contributed by atoms with Crippen molar-refractivity contribution in [2.24, 2.45) is 0 Å². The number of benzene rings is 1. The van der Waals surface area contributed by atoms with Crippen LogP contribution in [0.3, 0.4) is 0 Å². The molecular weight excluding hydrogens is 234 g/mol. The van der Waals surface area contributed by atoms with Crippen LogP contribution < -0.4 is 10.2 Å². The lowest BCUT2D eigenvalue weighted by molar-refractivity contribution is 0.425. The van der Waals surface area contributed by atoms with E-state index in [0.29, 0.717) is 22.7 Å². The van der Waals surface area contributed by atoms with E-state index in [1.54, 1.807) is 6.07 Å². The lowest BCUT2D eigenvalue weighted by atomic mass is 10.1. The number of nitrogens with zero attached hydrogens (tertiary/aromatic N) is 2. The van der Waals surface area contributed by atoms with Crippen LogP contribution in [0.25, 0.3) is 0 Å². The minimum Gasteiger partial charge on any atom is -0.365 e. The first kappa shape index (κ1) is 12.2. The van der Waals surface area contributed by atoms with Crippen molar-refractivity contribution < 1.29 is 0 Å². The van der Waals surface area contributed by atoms with E-state index < -0.39 is 0 Å². The van der Waals surface area contributed by atoms with Gasteiger partial charge in [0.25, 0.3) is 0 Å². The Morgan fingerprint density at radius 3 is 2.94 bits per heavy atom. The summed E-state index contributed by atoms with van der Waals surface area (Å²) in [5, 5.41) is 13.2. The average molecular weight is 250 g/mol. The summed E-state index contributed by atoms with van der Waals surface area (Å²) in [7, 11) is 0. The van der Waals surface area contributed by atoms with Crippen LogP contribution in [0.4, 0.5) is 5.69 Å². The molecule has 0 bridgehead atoms. The number of halogens is 1. The molecule has 4 heteroatoms. The van der Waals surface area contributed by atoms with Crippen LogP contribution in [-0.4, -0.2) is 25.2 Å². The van der Waals surface area contributed by atoms with Crippen LogP contribution in [0.15, 0.2) is 18.2 Å². The molecule has 1 fully saturated rings. The highest BCUT2D eigenvalue weighted by atomic mass is 35.5. The van der Waals surface area contributed by atoms with E-state index in [4.69, 9.17) is 11.6 Å². The van der Waals surface area contributed by atoms with Crippen molar-refractivity contribution in [3.8, 4) is 6.07 Å². The molecule has 0 spiro atoms. The van der Waals surface area contributed by atoms with E-state index in [-0.39, 0.29) is 0 Å². The number of nitrogens with one attached hydrogen (secondary N) is 1. The SMILES string of the molecule is CC1CN(c2ccc(Cl)cc2C#N)C(C)CN1. The van der Waals surface area contributed by atoms with Crippen LogP contribution in [-0.2, 0) is 0 Å². The highest BCUT2D eigenvalue weighted by Crippen LogP contribution is 2.26. The van der Waals surface area contributed by atoms with Gasteiger partial charge in [0.15, 0.2) is 0 Å². The molecule has 90 valence electrons. The van der Waals surface area contributed by atoms with Crippen molar-refractivity contribution in [1.29, 1.82) is 5.26 Å². The van der Waals surface area contributed by atoms with Crippen molar-refractivity contribution in [3.05, 3.63) is 28.8 Å². The van der Waals surface area contributed by atoms with Crippen molar-refractivity contribution in [1.82, 2.24) is 5.32 Å². The second-order valence-electron chi connectivity index (χ2n) is 4.58. The van der Waals surface area contributed by atoms with Gasteiger partial charge in [-0.2, -0.15) is 5.26 Å². The Morgan fingerprint density at radius 2 is 2.24 bits per heavy atom. The smallest absolute Gasteiger partial charge is 0.101 e. The minimum absolute atomic E-state index is 0.388. The fraction of sp³-hybridized carbons (Fsp3) is 0.462. The van der Waals surface area contributed by atoms with Gasteiger partial charge in [-0.3, -0.25) is 0 Å². The van der Waals surface area contributed by atoms with Gasteiger partial charge in [0.05, 0.1) is 11.3 Å². The third-order valence-electron chi connectivity index (χ3n) is 3.15. The van der Waals surface area contributed by atoms with Gasteiger partial charge in [-0.25, -0.2) is 0 Å². The van der Waals surface area contributed by atoms with E-state index in [1.807, 2.05) is 12.1 Å². The van der Waals surface area contributed by atoms with Gasteiger partial charge < -0.3 is 10.2 Å². The fourth-order valence-electron chi connectivity index (χ4n) is 2.21. The van der Waals surface area contributed by atoms with Crippen LogP contribution in [0.5, 0.6) is 0 Å². The zero-order chi connectivity index (χ0) is 12.4. The van der Waals surface area contributed by atoms with E-state index >= 15 is 0 Å². The molecule has 2 unspecified atom stereocenters. The molecule has 3 nitrogen and oxygen atoms in total. The topological polar surface area (TPSA) is 39.1 Å².